The number of rotatable bonds is 4. The molecular formula is C17H16N4OS. The van der Waals surface area contributed by atoms with E-state index in [1.165, 1.54) is 5.56 Å². The van der Waals surface area contributed by atoms with Gasteiger partial charge in [0, 0.05) is 5.92 Å². The lowest BCUT2D eigenvalue weighted by Crippen LogP contribution is -2.01. The molecule has 0 aliphatic carbocycles. The number of benzene rings is 1. The van der Waals surface area contributed by atoms with Crippen molar-refractivity contribution in [1.82, 2.24) is 19.8 Å². The van der Waals surface area contributed by atoms with E-state index in [4.69, 9.17) is 9.52 Å². The number of aromatic nitrogens is 4. The van der Waals surface area contributed by atoms with Gasteiger partial charge in [-0.25, -0.2) is 0 Å². The lowest BCUT2D eigenvalue weighted by Gasteiger charge is -2.11. The monoisotopic (exact) mass is 324 g/mol. The van der Waals surface area contributed by atoms with Crippen LogP contribution in [-0.4, -0.2) is 19.8 Å². The van der Waals surface area contributed by atoms with E-state index in [9.17, 15) is 0 Å². The van der Waals surface area contributed by atoms with Gasteiger partial charge in [0.2, 0.25) is 4.96 Å². The Labute approximate surface area is 137 Å². The van der Waals surface area contributed by atoms with Gasteiger partial charge in [-0.15, -0.1) is 10.2 Å². The van der Waals surface area contributed by atoms with Crippen molar-refractivity contribution < 1.29 is 4.42 Å². The highest BCUT2D eigenvalue weighted by Gasteiger charge is 2.21. The molecule has 6 heteroatoms. The van der Waals surface area contributed by atoms with Gasteiger partial charge >= 0.3 is 0 Å². The van der Waals surface area contributed by atoms with Gasteiger partial charge in [-0.3, -0.25) is 0 Å². The Morgan fingerprint density at radius 2 is 2.00 bits per heavy atom. The molecule has 3 aromatic heterocycles. The number of hydrogen-bond donors (Lipinski definition) is 0. The summed E-state index contributed by atoms with van der Waals surface area (Å²) in [4.78, 5) is 0.810. The number of fused-ring (bicyclic) bond motifs is 1. The average molecular weight is 324 g/mol. The van der Waals surface area contributed by atoms with E-state index < -0.39 is 0 Å². The summed E-state index contributed by atoms with van der Waals surface area (Å²) in [6, 6.07) is 12.4. The Balaban J connectivity index is 1.81. The summed E-state index contributed by atoms with van der Waals surface area (Å²) < 4.78 is 7.20. The van der Waals surface area contributed by atoms with E-state index >= 15 is 0 Å². The Kier molecular flexibility index (Phi) is 3.46. The van der Waals surface area contributed by atoms with Crippen LogP contribution < -0.4 is 0 Å². The van der Waals surface area contributed by atoms with Crippen molar-refractivity contribution in [1.29, 1.82) is 0 Å². The van der Waals surface area contributed by atoms with Crippen molar-refractivity contribution >= 4 is 16.3 Å². The van der Waals surface area contributed by atoms with Gasteiger partial charge in [0.1, 0.15) is 10.8 Å². The average Bonchev–Trinajstić information content (AvgIpc) is 3.25. The fraction of sp³-hybridized carbons (Fsp3) is 0.235. The highest BCUT2D eigenvalue weighted by atomic mass is 32.1. The molecule has 0 aliphatic heterocycles. The first-order valence-corrected chi connectivity index (χ1v) is 8.41. The van der Waals surface area contributed by atoms with E-state index in [1.54, 1.807) is 17.6 Å². The van der Waals surface area contributed by atoms with Crippen molar-refractivity contribution in [2.24, 2.45) is 0 Å². The summed E-state index contributed by atoms with van der Waals surface area (Å²) in [6.45, 7) is 4.10. The van der Waals surface area contributed by atoms with E-state index in [0.29, 0.717) is 0 Å². The maximum atomic E-state index is 5.38. The number of hydrogen-bond acceptors (Lipinski definition) is 5. The number of aryl methyl sites for hydroxylation is 1. The standard InChI is InChI=1S/C17H16N4OS/c1-3-13(12-7-5-4-6-8-12)16-20-21-15(18-19-17(21)23-16)14-9-10-22-11(14)2/h4-10,13H,3H2,1-2H3/t13-/m0/s1. The van der Waals surface area contributed by atoms with Crippen molar-refractivity contribution in [3.05, 3.63) is 59.0 Å². The molecule has 0 saturated carbocycles. The van der Waals surface area contributed by atoms with Crippen LogP contribution in [0.15, 0.2) is 47.1 Å². The Morgan fingerprint density at radius 1 is 1.17 bits per heavy atom. The fourth-order valence-electron chi connectivity index (χ4n) is 2.80. The van der Waals surface area contributed by atoms with Crippen molar-refractivity contribution in [2.45, 2.75) is 26.2 Å². The topological polar surface area (TPSA) is 56.2 Å². The van der Waals surface area contributed by atoms with Crippen LogP contribution in [0.25, 0.3) is 16.3 Å². The summed E-state index contributed by atoms with van der Waals surface area (Å²) >= 11 is 1.60. The van der Waals surface area contributed by atoms with Crippen molar-refractivity contribution in [3.8, 4) is 11.4 Å². The minimum atomic E-state index is 0.279. The smallest absolute Gasteiger partial charge is 0.234 e. The molecule has 0 saturated heterocycles. The molecular weight excluding hydrogens is 308 g/mol. The van der Waals surface area contributed by atoms with Crippen LogP contribution in [0.5, 0.6) is 0 Å². The number of furan rings is 1. The van der Waals surface area contributed by atoms with Gasteiger partial charge in [-0.05, 0) is 25.0 Å². The molecule has 4 aromatic rings. The van der Waals surface area contributed by atoms with Crippen LogP contribution in [0, 0.1) is 6.92 Å². The molecule has 0 radical (unpaired) electrons. The van der Waals surface area contributed by atoms with Crippen LogP contribution in [0.4, 0.5) is 0 Å². The third-order valence-electron chi connectivity index (χ3n) is 4.01. The fourth-order valence-corrected chi connectivity index (χ4v) is 3.85. The molecule has 0 amide bonds. The zero-order valence-corrected chi connectivity index (χ0v) is 13.7. The van der Waals surface area contributed by atoms with Crippen LogP contribution in [0.1, 0.15) is 35.6 Å². The van der Waals surface area contributed by atoms with Crippen molar-refractivity contribution in [2.75, 3.05) is 0 Å². The third-order valence-corrected chi connectivity index (χ3v) is 5.03. The summed E-state index contributed by atoms with van der Waals surface area (Å²) in [5.74, 6) is 1.84. The van der Waals surface area contributed by atoms with Gasteiger partial charge in [0.25, 0.3) is 0 Å². The van der Waals surface area contributed by atoms with Gasteiger partial charge in [-0.1, -0.05) is 48.6 Å². The maximum Gasteiger partial charge on any atom is 0.234 e. The Hall–Kier alpha value is -2.47. The van der Waals surface area contributed by atoms with Gasteiger partial charge in [0.15, 0.2) is 5.82 Å². The quantitative estimate of drug-likeness (QED) is 0.562. The first-order valence-electron chi connectivity index (χ1n) is 7.59. The molecule has 0 bridgehead atoms. The van der Waals surface area contributed by atoms with Crippen LogP contribution in [0.2, 0.25) is 0 Å². The summed E-state index contributed by atoms with van der Waals surface area (Å²) in [6.07, 6.45) is 2.66. The Bertz CT molecular complexity index is 938. The van der Waals surface area contributed by atoms with Crippen LogP contribution in [-0.2, 0) is 0 Å². The molecule has 0 spiro atoms. The SMILES string of the molecule is CC[C@@H](c1ccccc1)c1nn2c(-c3ccoc3C)nnc2s1. The largest absolute Gasteiger partial charge is 0.469 e. The zero-order valence-electron chi connectivity index (χ0n) is 12.9. The lowest BCUT2D eigenvalue weighted by molar-refractivity contribution is 0.535. The van der Waals surface area contributed by atoms with E-state index in [1.807, 2.05) is 23.6 Å². The van der Waals surface area contributed by atoms with Gasteiger partial charge in [-0.2, -0.15) is 9.61 Å². The molecule has 4 rings (SSSR count). The second-order valence-corrected chi connectivity index (χ2v) is 6.41. The summed E-state index contributed by atoms with van der Waals surface area (Å²) in [5.41, 5.74) is 2.21. The minimum Gasteiger partial charge on any atom is -0.469 e. The van der Waals surface area contributed by atoms with Gasteiger partial charge < -0.3 is 4.42 Å². The van der Waals surface area contributed by atoms with E-state index in [0.717, 1.165) is 33.5 Å². The maximum absolute atomic E-state index is 5.38. The predicted octanol–water partition coefficient (Wildman–Crippen LogP) is 4.30. The molecule has 0 unspecified atom stereocenters. The summed E-state index contributed by atoms with van der Waals surface area (Å²) in [7, 11) is 0. The minimum absolute atomic E-state index is 0.279. The Morgan fingerprint density at radius 3 is 2.70 bits per heavy atom. The van der Waals surface area contributed by atoms with E-state index in [-0.39, 0.29) is 5.92 Å². The van der Waals surface area contributed by atoms with Gasteiger partial charge in [0.05, 0.1) is 11.8 Å². The molecule has 3 heterocycles. The first-order chi connectivity index (χ1) is 11.3. The van der Waals surface area contributed by atoms with Crippen molar-refractivity contribution in [3.63, 3.8) is 0 Å². The zero-order chi connectivity index (χ0) is 15.8. The molecule has 0 fully saturated rings. The lowest BCUT2D eigenvalue weighted by atomic mass is 9.97. The highest BCUT2D eigenvalue weighted by molar-refractivity contribution is 7.16. The molecule has 1 atom stereocenters. The first kappa shape index (κ1) is 14.1. The molecule has 0 aliphatic rings. The highest BCUT2D eigenvalue weighted by Crippen LogP contribution is 2.32. The van der Waals surface area contributed by atoms with Crippen LogP contribution >= 0.6 is 11.3 Å². The third kappa shape index (κ3) is 2.35. The molecule has 5 nitrogen and oxygen atoms in total. The normalized spacial score (nSPS) is 12.8. The second-order valence-electron chi connectivity index (χ2n) is 5.42. The predicted molar refractivity (Wildman–Crippen MR) is 89.7 cm³/mol. The van der Waals surface area contributed by atoms with E-state index in [2.05, 4.69) is 41.4 Å². The molecule has 0 N–H and O–H groups in total. The second kappa shape index (κ2) is 5.62. The summed E-state index contributed by atoms with van der Waals surface area (Å²) in [5, 5.41) is 14.4. The number of nitrogens with zero attached hydrogens (tertiary/aromatic N) is 4. The molecule has 1 aromatic carbocycles. The molecule has 23 heavy (non-hydrogen) atoms. The molecule has 116 valence electrons. The van der Waals surface area contributed by atoms with Crippen LogP contribution in [0.3, 0.4) is 0 Å².